The Morgan fingerprint density at radius 3 is 2.02 bits per heavy atom. The molecule has 0 spiro atoms. The minimum atomic E-state index is -0.0916. The third kappa shape index (κ3) is 5.69. The fraction of sp³-hybridized carbons (Fsp3) is 0.125. The molecule has 8 rings (SSSR count). The predicted molar refractivity (Wildman–Crippen MR) is 205 cm³/mol. The van der Waals surface area contributed by atoms with Crippen molar-refractivity contribution in [3.63, 3.8) is 0 Å². The predicted octanol–water partition coefficient (Wildman–Crippen LogP) is 12.5. The zero-order valence-corrected chi connectivity index (χ0v) is 28.0. The first-order valence-electron chi connectivity index (χ1n) is 17.1. The molecule has 1 aliphatic carbocycles. The molecule has 0 N–H and O–H groups in total. The average molecular weight is 617 g/mol. The van der Waals surface area contributed by atoms with Gasteiger partial charge in [-0.25, -0.2) is 0 Å². The zero-order chi connectivity index (χ0) is 32.7. The van der Waals surface area contributed by atoms with Gasteiger partial charge in [0.2, 0.25) is 0 Å². The Kier molecular flexibility index (Phi) is 7.66. The molecule has 0 aliphatic heterocycles. The Bertz CT molecular complexity index is 2300. The number of benzene rings is 7. The van der Waals surface area contributed by atoms with Gasteiger partial charge in [-0.1, -0.05) is 166 Å². The van der Waals surface area contributed by atoms with E-state index in [1.54, 1.807) is 0 Å². The topological polar surface area (TPSA) is 0 Å². The Hall–Kier alpha value is -5.46. The van der Waals surface area contributed by atoms with Gasteiger partial charge in [0.05, 0.1) is 0 Å². The molecule has 0 atom stereocenters. The number of aryl methyl sites for hydroxylation is 1. The molecule has 0 radical (unpaired) electrons. The minimum absolute atomic E-state index is 0.0916. The summed E-state index contributed by atoms with van der Waals surface area (Å²) < 4.78 is 0. The first-order chi connectivity index (χ1) is 23.4. The van der Waals surface area contributed by atoms with E-state index >= 15 is 0 Å². The quantitative estimate of drug-likeness (QED) is 0.156. The van der Waals surface area contributed by atoms with Crippen LogP contribution < -0.4 is 0 Å². The Morgan fingerprint density at radius 2 is 1.23 bits per heavy atom. The molecule has 7 aromatic carbocycles. The highest BCUT2D eigenvalue weighted by Gasteiger charge is 2.35. The van der Waals surface area contributed by atoms with Crippen LogP contribution in [0.25, 0.3) is 44.7 Å². The number of hydrogen-bond acceptors (Lipinski definition) is 0. The summed E-state index contributed by atoms with van der Waals surface area (Å²) >= 11 is 0. The van der Waals surface area contributed by atoms with E-state index in [2.05, 4.69) is 185 Å². The third-order valence-electron chi connectivity index (χ3n) is 10.3. The van der Waals surface area contributed by atoms with Gasteiger partial charge in [0.25, 0.3) is 0 Å². The van der Waals surface area contributed by atoms with E-state index in [0.717, 1.165) is 12.8 Å². The average Bonchev–Trinajstić information content (AvgIpc) is 3.35. The van der Waals surface area contributed by atoms with Crippen molar-refractivity contribution in [2.24, 2.45) is 0 Å². The number of hydrogen-bond donors (Lipinski definition) is 0. The van der Waals surface area contributed by atoms with Crippen LogP contribution in [0.3, 0.4) is 0 Å². The van der Waals surface area contributed by atoms with E-state index in [9.17, 15) is 0 Å². The fourth-order valence-electron chi connectivity index (χ4n) is 7.54. The minimum Gasteiger partial charge on any atom is -0.0622 e. The van der Waals surface area contributed by atoms with E-state index in [0.29, 0.717) is 0 Å². The molecule has 0 heterocycles. The molecular weight excluding hydrogens is 577 g/mol. The van der Waals surface area contributed by atoms with E-state index in [1.807, 2.05) is 0 Å². The van der Waals surface area contributed by atoms with E-state index in [1.165, 1.54) is 83.1 Å². The van der Waals surface area contributed by atoms with Gasteiger partial charge in [0.15, 0.2) is 0 Å². The lowest BCUT2D eigenvalue weighted by Gasteiger charge is -2.22. The molecule has 0 nitrogen and oxygen atoms in total. The summed E-state index contributed by atoms with van der Waals surface area (Å²) in [6.45, 7) is 6.99. The SMILES string of the molecule is Cc1ccc(C/C(=C/c2ccc3c(c2)C(C)(C)c2cc(-c4ccccc4)ccc2-3)c2ccc3ccccc3c2)cc1Cc1ccccc1. The molecule has 0 bridgehead atoms. The molecule has 0 unspecified atom stereocenters. The summed E-state index contributed by atoms with van der Waals surface area (Å²) in [6, 6.07) is 58.3. The lowest BCUT2D eigenvalue weighted by atomic mass is 9.81. The molecule has 1 aliphatic rings. The highest BCUT2D eigenvalue weighted by molar-refractivity contribution is 5.91. The fourth-order valence-corrected chi connectivity index (χ4v) is 7.54. The molecule has 0 saturated carbocycles. The summed E-state index contributed by atoms with van der Waals surface area (Å²) in [7, 11) is 0. The molecule has 0 fully saturated rings. The van der Waals surface area contributed by atoms with Crippen molar-refractivity contribution in [1.82, 2.24) is 0 Å². The van der Waals surface area contributed by atoms with Gasteiger partial charge in [0, 0.05) is 5.41 Å². The van der Waals surface area contributed by atoms with Crippen molar-refractivity contribution in [2.75, 3.05) is 0 Å². The second-order valence-corrected chi connectivity index (χ2v) is 13.9. The highest BCUT2D eigenvalue weighted by atomic mass is 14.4. The van der Waals surface area contributed by atoms with Crippen LogP contribution in [0.15, 0.2) is 158 Å². The molecule has 0 amide bonds. The van der Waals surface area contributed by atoms with Crippen LogP contribution in [0.4, 0.5) is 0 Å². The van der Waals surface area contributed by atoms with Crippen LogP contribution in [0.2, 0.25) is 0 Å². The second kappa shape index (κ2) is 12.3. The second-order valence-electron chi connectivity index (χ2n) is 13.9. The van der Waals surface area contributed by atoms with Gasteiger partial charge in [-0.2, -0.15) is 0 Å². The summed E-state index contributed by atoms with van der Waals surface area (Å²) in [5.74, 6) is 0. The Balaban J connectivity index is 1.19. The normalized spacial score (nSPS) is 13.4. The molecule has 0 aromatic heterocycles. The smallest absolute Gasteiger partial charge is 0.0159 e. The van der Waals surface area contributed by atoms with Crippen LogP contribution in [0, 0.1) is 6.92 Å². The van der Waals surface area contributed by atoms with Crippen LogP contribution in [-0.4, -0.2) is 0 Å². The van der Waals surface area contributed by atoms with Crippen LogP contribution in [-0.2, 0) is 18.3 Å². The monoisotopic (exact) mass is 616 g/mol. The zero-order valence-electron chi connectivity index (χ0n) is 28.0. The summed E-state index contributed by atoms with van der Waals surface area (Å²) in [5.41, 5.74) is 17.2. The van der Waals surface area contributed by atoms with Crippen LogP contribution in [0.5, 0.6) is 0 Å². The maximum absolute atomic E-state index is 2.44. The Morgan fingerprint density at radius 1 is 0.542 bits per heavy atom. The first-order valence-corrected chi connectivity index (χ1v) is 17.1. The lowest BCUT2D eigenvalue weighted by Crippen LogP contribution is -2.15. The largest absolute Gasteiger partial charge is 0.0622 e. The number of allylic oxidation sites excluding steroid dienone is 1. The number of fused-ring (bicyclic) bond motifs is 4. The highest BCUT2D eigenvalue weighted by Crippen LogP contribution is 2.50. The van der Waals surface area contributed by atoms with Crippen molar-refractivity contribution in [2.45, 2.75) is 39.0 Å². The van der Waals surface area contributed by atoms with Gasteiger partial charge in [-0.05, 0) is 115 Å². The first kappa shape index (κ1) is 29.9. The molecule has 48 heavy (non-hydrogen) atoms. The van der Waals surface area contributed by atoms with Gasteiger partial charge in [-0.15, -0.1) is 0 Å². The van der Waals surface area contributed by atoms with Gasteiger partial charge in [0.1, 0.15) is 0 Å². The molecule has 7 aromatic rings. The van der Waals surface area contributed by atoms with Gasteiger partial charge in [-0.3, -0.25) is 0 Å². The molecule has 232 valence electrons. The molecular formula is C48H40. The maximum atomic E-state index is 2.44. The summed E-state index contributed by atoms with van der Waals surface area (Å²) in [4.78, 5) is 0. The summed E-state index contributed by atoms with van der Waals surface area (Å²) in [6.07, 6.45) is 4.24. The van der Waals surface area contributed by atoms with Crippen molar-refractivity contribution < 1.29 is 0 Å². The standard InChI is InChI=1S/C48H40/c1-33-18-19-35(27-42(33)26-34-12-6-4-7-13-34)28-43(40-22-21-38-16-10-11-17-39(38)31-40)29-36-20-24-44-45-25-23-41(37-14-8-5-9-15-37)32-47(45)48(2,3)46(44)30-36/h4-25,27,29-32H,26,28H2,1-3H3/b43-29-. The molecule has 0 heteroatoms. The summed E-state index contributed by atoms with van der Waals surface area (Å²) in [5, 5.41) is 2.54. The van der Waals surface area contributed by atoms with Crippen molar-refractivity contribution >= 4 is 22.4 Å². The van der Waals surface area contributed by atoms with E-state index in [4.69, 9.17) is 0 Å². The molecule has 0 saturated heterocycles. The lowest BCUT2D eigenvalue weighted by molar-refractivity contribution is 0.660. The van der Waals surface area contributed by atoms with Gasteiger partial charge < -0.3 is 0 Å². The Labute approximate surface area is 285 Å². The van der Waals surface area contributed by atoms with E-state index < -0.39 is 0 Å². The van der Waals surface area contributed by atoms with Crippen LogP contribution >= 0.6 is 0 Å². The van der Waals surface area contributed by atoms with Crippen molar-refractivity contribution in [3.05, 3.63) is 202 Å². The van der Waals surface area contributed by atoms with E-state index in [-0.39, 0.29) is 5.41 Å². The van der Waals surface area contributed by atoms with Crippen LogP contribution in [0.1, 0.15) is 58.4 Å². The third-order valence-corrected chi connectivity index (χ3v) is 10.3. The van der Waals surface area contributed by atoms with Gasteiger partial charge >= 0.3 is 0 Å². The van der Waals surface area contributed by atoms with Crippen molar-refractivity contribution in [1.29, 1.82) is 0 Å². The van der Waals surface area contributed by atoms with Crippen molar-refractivity contribution in [3.8, 4) is 22.3 Å². The maximum Gasteiger partial charge on any atom is 0.0159 e. The number of rotatable bonds is 7.